The minimum absolute atomic E-state index is 0.0468. The highest BCUT2D eigenvalue weighted by molar-refractivity contribution is 5.66. The first-order valence-electron chi connectivity index (χ1n) is 5.75. The van der Waals surface area contributed by atoms with Gasteiger partial charge in [-0.1, -0.05) is 13.8 Å². The molecule has 0 aromatic carbocycles. The number of ether oxygens (including phenoxy) is 2. The highest BCUT2D eigenvalue weighted by Gasteiger charge is 2.61. The Balaban J connectivity index is 2.17. The Kier molecular flexibility index (Phi) is 2.34. The molecule has 0 saturated carbocycles. The van der Waals surface area contributed by atoms with Crippen LogP contribution < -0.4 is 0 Å². The predicted molar refractivity (Wildman–Crippen MR) is 56.5 cm³/mol. The highest BCUT2D eigenvalue weighted by atomic mass is 16.6. The van der Waals surface area contributed by atoms with Gasteiger partial charge in [0, 0.05) is 13.3 Å². The lowest BCUT2D eigenvalue weighted by molar-refractivity contribution is -0.154. The number of hydrogen-bond donors (Lipinski definition) is 0. The minimum atomic E-state index is -0.240. The third-order valence-corrected chi connectivity index (χ3v) is 4.05. The Morgan fingerprint density at radius 3 is 2.60 bits per heavy atom. The molecule has 2 heterocycles. The zero-order chi connectivity index (χ0) is 11.3. The third-order valence-electron chi connectivity index (χ3n) is 4.05. The van der Waals surface area contributed by atoms with Gasteiger partial charge in [-0.15, -0.1) is 0 Å². The molecule has 0 aromatic heterocycles. The molecule has 15 heavy (non-hydrogen) atoms. The van der Waals surface area contributed by atoms with Crippen molar-refractivity contribution in [3.63, 3.8) is 0 Å². The molecule has 0 radical (unpaired) electrons. The smallest absolute Gasteiger partial charge is 0.303 e. The molecule has 0 N–H and O–H groups in total. The normalized spacial score (nSPS) is 43.7. The molecule has 3 heteroatoms. The fraction of sp³-hybridized carbons (Fsp3) is 0.917. The average Bonchev–Trinajstić information content (AvgIpc) is 2.56. The van der Waals surface area contributed by atoms with E-state index in [2.05, 4.69) is 20.8 Å². The summed E-state index contributed by atoms with van der Waals surface area (Å²) in [6, 6.07) is 0. The lowest BCUT2D eigenvalue weighted by atomic mass is 9.75. The number of rotatable bonds is 2. The monoisotopic (exact) mass is 212 g/mol. The number of hydrogen-bond acceptors (Lipinski definition) is 3. The van der Waals surface area contributed by atoms with Gasteiger partial charge in [0.15, 0.2) is 0 Å². The first kappa shape index (κ1) is 10.9. The van der Waals surface area contributed by atoms with Crippen molar-refractivity contribution in [2.75, 3.05) is 0 Å². The van der Waals surface area contributed by atoms with Crippen molar-refractivity contribution in [1.82, 2.24) is 0 Å². The molecule has 3 nitrogen and oxygen atoms in total. The van der Waals surface area contributed by atoms with Gasteiger partial charge in [0.1, 0.15) is 11.7 Å². The molecule has 86 valence electrons. The van der Waals surface area contributed by atoms with Gasteiger partial charge in [0.05, 0.1) is 5.60 Å². The van der Waals surface area contributed by atoms with E-state index in [9.17, 15) is 4.79 Å². The summed E-state index contributed by atoms with van der Waals surface area (Å²) in [7, 11) is 0. The predicted octanol–water partition coefficient (Wildman–Crippen LogP) is 2.29. The van der Waals surface area contributed by atoms with Crippen molar-refractivity contribution in [3.8, 4) is 0 Å². The van der Waals surface area contributed by atoms with E-state index in [4.69, 9.17) is 9.47 Å². The van der Waals surface area contributed by atoms with Crippen LogP contribution in [0, 0.1) is 5.92 Å². The number of carbonyl (C=O) groups excluding carboxylic acids is 1. The molecule has 2 aliphatic rings. The molecule has 3 atom stereocenters. The second-order valence-electron chi connectivity index (χ2n) is 5.44. The summed E-state index contributed by atoms with van der Waals surface area (Å²) in [5.41, 5.74) is -0.287. The maximum absolute atomic E-state index is 11.0. The van der Waals surface area contributed by atoms with Crippen LogP contribution in [0.15, 0.2) is 0 Å². The molecule has 2 fully saturated rings. The fourth-order valence-electron chi connectivity index (χ4n) is 2.94. The zero-order valence-electron chi connectivity index (χ0n) is 10.0. The van der Waals surface area contributed by atoms with Crippen molar-refractivity contribution in [2.45, 2.75) is 64.3 Å². The summed E-state index contributed by atoms with van der Waals surface area (Å²) in [4.78, 5) is 11.0. The Bertz CT molecular complexity index is 287. The van der Waals surface area contributed by atoms with Crippen LogP contribution in [-0.4, -0.2) is 23.3 Å². The maximum Gasteiger partial charge on any atom is 0.303 e. The average molecular weight is 212 g/mol. The first-order valence-corrected chi connectivity index (χ1v) is 5.75. The summed E-state index contributed by atoms with van der Waals surface area (Å²) < 4.78 is 11.5. The second kappa shape index (κ2) is 3.21. The first-order chi connectivity index (χ1) is 6.88. The highest BCUT2D eigenvalue weighted by Crippen LogP contribution is 2.54. The van der Waals surface area contributed by atoms with E-state index < -0.39 is 0 Å². The summed E-state index contributed by atoms with van der Waals surface area (Å²) in [5.74, 6) is 0.288. The molecular formula is C12H20O3. The molecule has 0 aromatic rings. The topological polar surface area (TPSA) is 35.5 Å². The number of fused-ring (bicyclic) bond motifs is 2. The van der Waals surface area contributed by atoms with Gasteiger partial charge in [-0.05, 0) is 25.7 Å². The van der Waals surface area contributed by atoms with Gasteiger partial charge in [-0.3, -0.25) is 4.79 Å². The number of esters is 1. The van der Waals surface area contributed by atoms with Gasteiger partial charge < -0.3 is 9.47 Å². The summed E-state index contributed by atoms with van der Waals surface area (Å²) in [6.07, 6.45) is 2.91. The Hall–Kier alpha value is -0.570. The van der Waals surface area contributed by atoms with E-state index in [0.717, 1.165) is 19.3 Å². The molecule has 2 rings (SSSR count). The zero-order valence-corrected chi connectivity index (χ0v) is 10.0. The summed E-state index contributed by atoms with van der Waals surface area (Å²) in [5, 5.41) is 0. The summed E-state index contributed by atoms with van der Waals surface area (Å²) >= 11 is 0. The third kappa shape index (κ3) is 1.57. The Labute approximate surface area is 91.1 Å². The van der Waals surface area contributed by atoms with Crippen LogP contribution in [0.5, 0.6) is 0 Å². The van der Waals surface area contributed by atoms with Crippen LogP contribution in [-0.2, 0) is 14.3 Å². The lowest BCUT2D eigenvalue weighted by Crippen LogP contribution is -2.39. The SMILES string of the molecule is CC(=O)O[C@@H]1C[C@@]2(C(C)C)CC[C@@]1(C)O2. The Morgan fingerprint density at radius 2 is 2.13 bits per heavy atom. The van der Waals surface area contributed by atoms with Gasteiger partial charge in [-0.2, -0.15) is 0 Å². The van der Waals surface area contributed by atoms with Crippen molar-refractivity contribution < 1.29 is 14.3 Å². The van der Waals surface area contributed by atoms with Gasteiger partial charge in [0.25, 0.3) is 0 Å². The lowest BCUT2D eigenvalue weighted by Gasteiger charge is -2.31. The largest absolute Gasteiger partial charge is 0.459 e. The van der Waals surface area contributed by atoms with E-state index in [1.807, 2.05) is 0 Å². The van der Waals surface area contributed by atoms with E-state index in [1.165, 1.54) is 6.92 Å². The Morgan fingerprint density at radius 1 is 1.47 bits per heavy atom. The molecule has 0 unspecified atom stereocenters. The quantitative estimate of drug-likeness (QED) is 0.659. The van der Waals surface area contributed by atoms with Crippen LogP contribution in [0.25, 0.3) is 0 Å². The van der Waals surface area contributed by atoms with Crippen LogP contribution in [0.4, 0.5) is 0 Å². The van der Waals surface area contributed by atoms with Crippen LogP contribution in [0.3, 0.4) is 0 Å². The summed E-state index contributed by atoms with van der Waals surface area (Å²) in [6.45, 7) is 7.90. The molecule has 2 aliphatic heterocycles. The van der Waals surface area contributed by atoms with Crippen LogP contribution in [0.2, 0.25) is 0 Å². The number of carbonyl (C=O) groups is 1. The standard InChI is InChI=1S/C12H20O3/c1-8(2)12-6-5-11(4,15-12)10(7-12)14-9(3)13/h8,10H,5-7H2,1-4H3/t10-,11-,12-/m1/s1. The van der Waals surface area contributed by atoms with Gasteiger partial charge in [-0.25, -0.2) is 0 Å². The molecule has 2 bridgehead atoms. The van der Waals surface area contributed by atoms with E-state index >= 15 is 0 Å². The molecule has 0 spiro atoms. The fourth-order valence-corrected chi connectivity index (χ4v) is 2.94. The molecule has 0 amide bonds. The van der Waals surface area contributed by atoms with Crippen molar-refractivity contribution in [3.05, 3.63) is 0 Å². The van der Waals surface area contributed by atoms with Crippen LogP contribution >= 0.6 is 0 Å². The van der Waals surface area contributed by atoms with Crippen molar-refractivity contribution in [1.29, 1.82) is 0 Å². The van der Waals surface area contributed by atoms with Gasteiger partial charge >= 0.3 is 5.97 Å². The van der Waals surface area contributed by atoms with E-state index in [0.29, 0.717) is 5.92 Å². The van der Waals surface area contributed by atoms with Crippen molar-refractivity contribution >= 4 is 5.97 Å². The second-order valence-corrected chi connectivity index (χ2v) is 5.44. The molecule has 0 aliphatic carbocycles. The minimum Gasteiger partial charge on any atom is -0.459 e. The van der Waals surface area contributed by atoms with E-state index in [-0.39, 0.29) is 23.3 Å². The maximum atomic E-state index is 11.0. The van der Waals surface area contributed by atoms with E-state index in [1.54, 1.807) is 0 Å². The molecule has 2 saturated heterocycles. The van der Waals surface area contributed by atoms with Crippen LogP contribution in [0.1, 0.15) is 47.0 Å². The van der Waals surface area contributed by atoms with Crippen molar-refractivity contribution in [2.24, 2.45) is 5.92 Å². The van der Waals surface area contributed by atoms with Gasteiger partial charge in [0.2, 0.25) is 0 Å². The molecular weight excluding hydrogens is 192 g/mol.